The number of nitrogens with zero attached hydrogens (tertiary/aromatic N) is 5. The zero-order chi connectivity index (χ0) is 14.5. The van der Waals surface area contributed by atoms with Crippen LogP contribution in [0.1, 0.15) is 11.6 Å². The molecule has 7 heteroatoms. The van der Waals surface area contributed by atoms with Gasteiger partial charge in [-0.1, -0.05) is 30.3 Å². The van der Waals surface area contributed by atoms with E-state index in [0.717, 1.165) is 10.0 Å². The minimum absolute atomic E-state index is 0.00840. The molecule has 0 aliphatic heterocycles. The van der Waals surface area contributed by atoms with Gasteiger partial charge < -0.3 is 5.32 Å². The van der Waals surface area contributed by atoms with Crippen LogP contribution in [0.5, 0.6) is 0 Å². The number of hydrogen-bond acceptors (Lipinski definition) is 5. The number of benzene rings is 1. The van der Waals surface area contributed by atoms with Crippen LogP contribution in [0.25, 0.3) is 0 Å². The molecular weight excluding hydrogens is 332 g/mol. The molecule has 0 aliphatic rings. The van der Waals surface area contributed by atoms with E-state index in [1.54, 1.807) is 23.4 Å². The van der Waals surface area contributed by atoms with Crippen molar-refractivity contribution in [2.24, 2.45) is 0 Å². The van der Waals surface area contributed by atoms with Crippen LogP contribution in [0.4, 0.5) is 5.95 Å². The third-order valence-corrected chi connectivity index (χ3v) is 3.37. The highest BCUT2D eigenvalue weighted by molar-refractivity contribution is 9.10. The van der Waals surface area contributed by atoms with Crippen molar-refractivity contribution in [1.29, 1.82) is 0 Å². The van der Waals surface area contributed by atoms with E-state index in [0.29, 0.717) is 12.5 Å². The van der Waals surface area contributed by atoms with Crippen molar-refractivity contribution in [3.63, 3.8) is 0 Å². The number of hydrogen-bond donors (Lipinski definition) is 1. The molecule has 6 nitrogen and oxygen atoms in total. The molecule has 2 aromatic heterocycles. The van der Waals surface area contributed by atoms with Gasteiger partial charge in [0.1, 0.15) is 12.7 Å². The van der Waals surface area contributed by atoms with E-state index >= 15 is 0 Å². The minimum atomic E-state index is 0.00840. The predicted molar refractivity (Wildman–Crippen MR) is 82.6 cm³/mol. The monoisotopic (exact) mass is 344 g/mol. The average molecular weight is 345 g/mol. The molecule has 106 valence electrons. The number of rotatable bonds is 5. The average Bonchev–Trinajstić information content (AvgIpc) is 3.03. The van der Waals surface area contributed by atoms with Crippen molar-refractivity contribution in [2.45, 2.75) is 12.6 Å². The van der Waals surface area contributed by atoms with Gasteiger partial charge in [0.25, 0.3) is 0 Å². The Labute approximate surface area is 130 Å². The summed E-state index contributed by atoms with van der Waals surface area (Å²) in [5.41, 5.74) is 1.14. The van der Waals surface area contributed by atoms with Crippen LogP contribution < -0.4 is 5.32 Å². The fraction of sp³-hybridized carbons (Fsp3) is 0.143. The van der Waals surface area contributed by atoms with Crippen molar-refractivity contribution in [1.82, 2.24) is 24.7 Å². The van der Waals surface area contributed by atoms with Crippen molar-refractivity contribution in [3.05, 3.63) is 65.4 Å². The van der Waals surface area contributed by atoms with Crippen LogP contribution in [0.2, 0.25) is 0 Å². The summed E-state index contributed by atoms with van der Waals surface area (Å²) in [5.74, 6) is 0.576. The summed E-state index contributed by atoms with van der Waals surface area (Å²) >= 11 is 3.33. The number of nitrogens with one attached hydrogen (secondary N) is 1. The SMILES string of the molecule is Brc1cnc(N[C@@H](Cn2cncn2)c2ccccc2)nc1. The standard InChI is InChI=1S/C14H13BrN6/c15-12-6-17-14(18-7-12)20-13(8-21-10-16-9-19-21)11-4-2-1-3-5-11/h1-7,9-10,13H,8H2,(H,17,18,20)/t13-/m0/s1. The lowest BCUT2D eigenvalue weighted by atomic mass is 10.1. The molecule has 1 aromatic carbocycles. The second kappa shape index (κ2) is 6.45. The Morgan fingerprint density at radius 1 is 1.14 bits per heavy atom. The summed E-state index contributed by atoms with van der Waals surface area (Å²) < 4.78 is 2.63. The van der Waals surface area contributed by atoms with Crippen LogP contribution >= 0.6 is 15.9 Å². The quantitative estimate of drug-likeness (QED) is 0.770. The summed E-state index contributed by atoms with van der Waals surface area (Å²) in [7, 11) is 0. The Bertz CT molecular complexity index is 668. The Hall–Kier alpha value is -2.28. The first-order valence-corrected chi connectivity index (χ1v) is 7.22. The first-order chi connectivity index (χ1) is 10.3. The zero-order valence-corrected chi connectivity index (χ0v) is 12.7. The summed E-state index contributed by atoms with van der Waals surface area (Å²) in [4.78, 5) is 12.5. The molecule has 1 N–H and O–H groups in total. The molecule has 3 aromatic rings. The fourth-order valence-corrected chi connectivity index (χ4v) is 2.18. The third kappa shape index (κ3) is 3.63. The van der Waals surface area contributed by atoms with Gasteiger partial charge in [-0.2, -0.15) is 5.10 Å². The molecule has 0 bridgehead atoms. The van der Waals surface area contributed by atoms with E-state index in [2.05, 4.69) is 53.4 Å². The van der Waals surface area contributed by atoms with Crippen LogP contribution in [-0.2, 0) is 6.54 Å². The van der Waals surface area contributed by atoms with Gasteiger partial charge in [0, 0.05) is 12.4 Å². The molecule has 0 saturated carbocycles. The lowest BCUT2D eigenvalue weighted by Gasteiger charge is -2.19. The molecule has 1 atom stereocenters. The van der Waals surface area contributed by atoms with E-state index in [1.807, 2.05) is 18.2 Å². The van der Waals surface area contributed by atoms with Gasteiger partial charge in [-0.3, -0.25) is 4.68 Å². The number of aromatic nitrogens is 5. The van der Waals surface area contributed by atoms with Crippen molar-refractivity contribution in [2.75, 3.05) is 5.32 Å². The van der Waals surface area contributed by atoms with Crippen molar-refractivity contribution >= 4 is 21.9 Å². The second-order valence-corrected chi connectivity index (χ2v) is 5.37. The van der Waals surface area contributed by atoms with Gasteiger partial charge in [-0.15, -0.1) is 0 Å². The van der Waals surface area contributed by atoms with Gasteiger partial charge >= 0.3 is 0 Å². The van der Waals surface area contributed by atoms with E-state index in [4.69, 9.17) is 0 Å². The van der Waals surface area contributed by atoms with Crippen LogP contribution in [-0.4, -0.2) is 24.7 Å². The maximum atomic E-state index is 4.26. The Morgan fingerprint density at radius 2 is 1.90 bits per heavy atom. The van der Waals surface area contributed by atoms with Crippen LogP contribution in [0.15, 0.2) is 59.9 Å². The van der Waals surface area contributed by atoms with Gasteiger partial charge in [0.15, 0.2) is 0 Å². The van der Waals surface area contributed by atoms with Crippen molar-refractivity contribution in [3.8, 4) is 0 Å². The lowest BCUT2D eigenvalue weighted by Crippen LogP contribution is -2.19. The molecule has 0 saturated heterocycles. The number of anilines is 1. The molecule has 0 spiro atoms. The topological polar surface area (TPSA) is 68.5 Å². The maximum Gasteiger partial charge on any atom is 0.223 e. The molecule has 0 amide bonds. The molecular formula is C14H13BrN6. The fourth-order valence-electron chi connectivity index (χ4n) is 1.98. The highest BCUT2D eigenvalue weighted by atomic mass is 79.9. The normalized spacial score (nSPS) is 12.0. The van der Waals surface area contributed by atoms with Gasteiger partial charge in [-0.05, 0) is 21.5 Å². The highest BCUT2D eigenvalue weighted by Gasteiger charge is 2.13. The molecule has 0 unspecified atom stereocenters. The van der Waals surface area contributed by atoms with E-state index in [-0.39, 0.29) is 6.04 Å². The smallest absolute Gasteiger partial charge is 0.223 e. The summed E-state index contributed by atoms with van der Waals surface area (Å²) in [6, 6.07) is 10.1. The minimum Gasteiger partial charge on any atom is -0.346 e. The van der Waals surface area contributed by atoms with Gasteiger partial charge in [0.2, 0.25) is 5.95 Å². The third-order valence-electron chi connectivity index (χ3n) is 2.96. The summed E-state index contributed by atoms with van der Waals surface area (Å²) in [6.07, 6.45) is 6.65. The summed E-state index contributed by atoms with van der Waals surface area (Å²) in [6.45, 7) is 0.642. The molecule has 3 rings (SSSR count). The summed E-state index contributed by atoms with van der Waals surface area (Å²) in [5, 5.41) is 7.48. The van der Waals surface area contributed by atoms with Crippen LogP contribution in [0, 0.1) is 0 Å². The van der Waals surface area contributed by atoms with Gasteiger partial charge in [-0.25, -0.2) is 15.0 Å². The molecule has 0 aliphatic carbocycles. The van der Waals surface area contributed by atoms with E-state index in [9.17, 15) is 0 Å². The largest absolute Gasteiger partial charge is 0.346 e. The highest BCUT2D eigenvalue weighted by Crippen LogP contribution is 2.19. The van der Waals surface area contributed by atoms with Gasteiger partial charge in [0.05, 0.1) is 17.1 Å². The lowest BCUT2D eigenvalue weighted by molar-refractivity contribution is 0.547. The van der Waals surface area contributed by atoms with E-state index < -0.39 is 0 Å². The zero-order valence-electron chi connectivity index (χ0n) is 11.1. The first kappa shape index (κ1) is 13.7. The van der Waals surface area contributed by atoms with E-state index in [1.165, 1.54) is 6.33 Å². The van der Waals surface area contributed by atoms with Crippen LogP contribution in [0.3, 0.4) is 0 Å². The second-order valence-electron chi connectivity index (χ2n) is 4.45. The van der Waals surface area contributed by atoms with Crippen molar-refractivity contribution < 1.29 is 0 Å². The first-order valence-electron chi connectivity index (χ1n) is 6.43. The predicted octanol–water partition coefficient (Wildman–Crippen LogP) is 2.68. The number of halogens is 1. The molecule has 0 fully saturated rings. The molecule has 21 heavy (non-hydrogen) atoms. The molecule has 2 heterocycles. The molecule has 0 radical (unpaired) electrons. The maximum absolute atomic E-state index is 4.26. The Kier molecular flexibility index (Phi) is 4.20. The Balaban J connectivity index is 1.83. The Morgan fingerprint density at radius 3 is 2.57 bits per heavy atom.